The van der Waals surface area contributed by atoms with E-state index in [4.69, 9.17) is 14.0 Å². The number of benzene rings is 2. The van der Waals surface area contributed by atoms with E-state index in [0.717, 1.165) is 5.56 Å². The van der Waals surface area contributed by atoms with Gasteiger partial charge in [-0.1, -0.05) is 42.5 Å². The van der Waals surface area contributed by atoms with Gasteiger partial charge in [-0.3, -0.25) is 0 Å². The Hall–Kier alpha value is -2.64. The summed E-state index contributed by atoms with van der Waals surface area (Å²) in [6.07, 6.45) is 0. The van der Waals surface area contributed by atoms with Crippen molar-refractivity contribution in [2.75, 3.05) is 0 Å². The molecule has 1 aliphatic heterocycles. The fraction of sp³-hybridized carbons (Fsp3) is 0.318. The van der Waals surface area contributed by atoms with E-state index in [1.165, 1.54) is 10.7 Å². The van der Waals surface area contributed by atoms with Crippen LogP contribution in [0.4, 0.5) is 4.39 Å². The van der Waals surface area contributed by atoms with Gasteiger partial charge in [0.1, 0.15) is 12.4 Å². The summed E-state index contributed by atoms with van der Waals surface area (Å²) in [4.78, 5) is 0. The first-order valence-corrected chi connectivity index (χ1v) is 9.64. The van der Waals surface area contributed by atoms with Gasteiger partial charge < -0.3 is 14.0 Å². The SMILES string of the molecule is CC1(C)OB(c2cc(OCc3ccccc3)nn2-c2ccccc2F)OC1(C)C. The van der Waals surface area contributed by atoms with Crippen molar-refractivity contribution in [1.82, 2.24) is 9.78 Å². The number of halogens is 1. The Kier molecular flexibility index (Phi) is 4.96. The van der Waals surface area contributed by atoms with E-state index < -0.39 is 18.3 Å². The molecule has 2 heterocycles. The van der Waals surface area contributed by atoms with Crippen LogP contribution in [0, 0.1) is 5.82 Å². The van der Waals surface area contributed by atoms with Crippen LogP contribution in [-0.2, 0) is 15.9 Å². The second-order valence-electron chi connectivity index (χ2n) is 8.13. The molecule has 0 amide bonds. The zero-order valence-electron chi connectivity index (χ0n) is 17.1. The summed E-state index contributed by atoms with van der Waals surface area (Å²) in [5.74, 6) is -0.00945. The van der Waals surface area contributed by atoms with Crippen LogP contribution in [0.3, 0.4) is 0 Å². The van der Waals surface area contributed by atoms with Crippen molar-refractivity contribution in [3.63, 3.8) is 0 Å². The zero-order chi connectivity index (χ0) is 20.6. The summed E-state index contributed by atoms with van der Waals surface area (Å²) < 4.78 is 34.2. The summed E-state index contributed by atoms with van der Waals surface area (Å²) in [6, 6.07) is 18.0. The molecule has 1 aliphatic rings. The maximum Gasteiger partial charge on any atom is 0.514 e. The van der Waals surface area contributed by atoms with Gasteiger partial charge in [0.2, 0.25) is 5.88 Å². The third-order valence-corrected chi connectivity index (χ3v) is 5.52. The lowest BCUT2D eigenvalue weighted by Gasteiger charge is -2.32. The topological polar surface area (TPSA) is 45.5 Å². The quantitative estimate of drug-likeness (QED) is 0.616. The van der Waals surface area contributed by atoms with E-state index in [0.29, 0.717) is 23.8 Å². The first kappa shape index (κ1) is 19.7. The molecule has 3 aromatic rings. The van der Waals surface area contributed by atoms with Crippen LogP contribution in [-0.4, -0.2) is 28.1 Å². The molecule has 0 atom stereocenters. The second-order valence-corrected chi connectivity index (χ2v) is 8.13. The van der Waals surface area contributed by atoms with E-state index in [9.17, 15) is 4.39 Å². The minimum Gasteiger partial charge on any atom is -0.472 e. The number of hydrogen-bond acceptors (Lipinski definition) is 4. The van der Waals surface area contributed by atoms with Crippen molar-refractivity contribution in [2.24, 2.45) is 0 Å². The van der Waals surface area contributed by atoms with Gasteiger partial charge in [-0.2, -0.15) is 0 Å². The summed E-state index contributed by atoms with van der Waals surface area (Å²) in [7, 11) is -0.693. The highest BCUT2D eigenvalue weighted by atomic mass is 19.1. The molecule has 7 heteroatoms. The van der Waals surface area contributed by atoms with Crippen LogP contribution in [0.1, 0.15) is 33.3 Å². The number of rotatable bonds is 5. The summed E-state index contributed by atoms with van der Waals surface area (Å²) in [5, 5.41) is 4.49. The zero-order valence-corrected chi connectivity index (χ0v) is 17.1. The molecule has 0 unspecified atom stereocenters. The van der Waals surface area contributed by atoms with Gasteiger partial charge >= 0.3 is 7.12 Å². The van der Waals surface area contributed by atoms with Crippen LogP contribution >= 0.6 is 0 Å². The van der Waals surface area contributed by atoms with Crippen molar-refractivity contribution in [1.29, 1.82) is 0 Å². The first-order chi connectivity index (χ1) is 13.8. The molecule has 0 bridgehead atoms. The molecule has 29 heavy (non-hydrogen) atoms. The van der Waals surface area contributed by atoms with Crippen LogP contribution in [0.2, 0.25) is 0 Å². The normalized spacial score (nSPS) is 17.5. The van der Waals surface area contributed by atoms with E-state index >= 15 is 0 Å². The highest BCUT2D eigenvalue weighted by Crippen LogP contribution is 2.37. The van der Waals surface area contributed by atoms with Gasteiger partial charge in [0.15, 0.2) is 0 Å². The van der Waals surface area contributed by atoms with Gasteiger partial charge in [0.25, 0.3) is 0 Å². The lowest BCUT2D eigenvalue weighted by atomic mass is 9.84. The molecule has 1 aromatic heterocycles. The predicted octanol–water partition coefficient (Wildman–Crippen LogP) is 3.89. The third kappa shape index (κ3) is 3.80. The predicted molar refractivity (Wildman–Crippen MR) is 110 cm³/mol. The van der Waals surface area contributed by atoms with E-state index in [2.05, 4.69) is 5.10 Å². The van der Waals surface area contributed by atoms with Crippen molar-refractivity contribution in [2.45, 2.75) is 45.5 Å². The fourth-order valence-electron chi connectivity index (χ4n) is 3.12. The highest BCUT2D eigenvalue weighted by Gasteiger charge is 2.53. The van der Waals surface area contributed by atoms with Gasteiger partial charge in [0.05, 0.1) is 22.5 Å². The van der Waals surface area contributed by atoms with Crippen LogP contribution < -0.4 is 10.3 Å². The number of para-hydroxylation sites is 1. The van der Waals surface area contributed by atoms with Gasteiger partial charge in [-0.25, -0.2) is 9.07 Å². The molecule has 0 saturated carbocycles. The minimum atomic E-state index is -0.693. The Morgan fingerprint density at radius 2 is 1.59 bits per heavy atom. The summed E-state index contributed by atoms with van der Waals surface area (Å²) in [5.41, 5.74) is 0.869. The minimum absolute atomic E-state index is 0.312. The van der Waals surface area contributed by atoms with Crippen molar-refractivity contribution >= 4 is 12.7 Å². The molecule has 2 aromatic carbocycles. The maximum atomic E-state index is 14.5. The second kappa shape index (κ2) is 7.32. The maximum absolute atomic E-state index is 14.5. The van der Waals surface area contributed by atoms with Crippen molar-refractivity contribution in [3.8, 4) is 11.6 Å². The molecule has 4 rings (SSSR count). The molecule has 0 aliphatic carbocycles. The lowest BCUT2D eigenvalue weighted by molar-refractivity contribution is 0.00578. The molecule has 0 N–H and O–H groups in total. The molecule has 150 valence electrons. The standard InChI is InChI=1S/C22H24BFN2O3/c1-21(2)22(3,4)29-23(28-21)19-14-20(27-15-16-10-6-5-7-11-16)25-26(19)18-13-9-8-12-17(18)24/h5-14H,15H2,1-4H3. The first-order valence-electron chi connectivity index (χ1n) is 9.64. The van der Waals surface area contributed by atoms with Crippen LogP contribution in [0.5, 0.6) is 5.88 Å². The monoisotopic (exact) mass is 394 g/mol. The Morgan fingerprint density at radius 1 is 0.966 bits per heavy atom. The van der Waals surface area contributed by atoms with Crippen LogP contribution in [0.15, 0.2) is 60.7 Å². The summed E-state index contributed by atoms with van der Waals surface area (Å²) in [6.45, 7) is 8.26. The Morgan fingerprint density at radius 3 is 2.24 bits per heavy atom. The molecule has 0 spiro atoms. The average Bonchev–Trinajstić information content (AvgIpc) is 3.19. The number of ether oxygens (including phenoxy) is 1. The van der Waals surface area contributed by atoms with Gasteiger partial charge in [-0.05, 0) is 45.4 Å². The lowest BCUT2D eigenvalue weighted by Crippen LogP contribution is -2.41. The van der Waals surface area contributed by atoms with Crippen molar-refractivity contribution < 1.29 is 18.4 Å². The smallest absolute Gasteiger partial charge is 0.472 e. The Balaban J connectivity index is 1.69. The largest absolute Gasteiger partial charge is 0.514 e. The van der Waals surface area contributed by atoms with E-state index in [1.54, 1.807) is 24.3 Å². The van der Waals surface area contributed by atoms with Gasteiger partial charge in [0, 0.05) is 6.07 Å². The summed E-state index contributed by atoms with van der Waals surface area (Å²) >= 11 is 0. The molecular formula is C22H24BFN2O3. The van der Waals surface area contributed by atoms with Crippen molar-refractivity contribution in [3.05, 3.63) is 72.0 Å². The third-order valence-electron chi connectivity index (χ3n) is 5.52. The average molecular weight is 394 g/mol. The Labute approximate surface area is 170 Å². The number of nitrogens with zero attached hydrogens (tertiary/aromatic N) is 2. The molecule has 1 saturated heterocycles. The number of aromatic nitrogens is 2. The Bertz CT molecular complexity index is 988. The highest BCUT2D eigenvalue weighted by molar-refractivity contribution is 6.61. The molecule has 1 fully saturated rings. The number of hydrogen-bond donors (Lipinski definition) is 0. The fourth-order valence-corrected chi connectivity index (χ4v) is 3.12. The van der Waals surface area contributed by atoms with Gasteiger partial charge in [-0.15, -0.1) is 5.10 Å². The van der Waals surface area contributed by atoms with Crippen LogP contribution in [0.25, 0.3) is 5.69 Å². The molecular weight excluding hydrogens is 370 g/mol. The van der Waals surface area contributed by atoms with E-state index in [1.807, 2.05) is 58.0 Å². The molecule has 0 radical (unpaired) electrons. The van der Waals surface area contributed by atoms with E-state index in [-0.39, 0.29) is 5.82 Å². The molecule has 5 nitrogen and oxygen atoms in total.